The van der Waals surface area contributed by atoms with Crippen LogP contribution in [0.5, 0.6) is 0 Å². The van der Waals surface area contributed by atoms with Gasteiger partial charge in [0.1, 0.15) is 0 Å². The third-order valence-electron chi connectivity index (χ3n) is 3.51. The van der Waals surface area contributed by atoms with Crippen LogP contribution in [0, 0.1) is 0 Å². The quantitative estimate of drug-likeness (QED) is 0.780. The van der Waals surface area contributed by atoms with Crippen molar-refractivity contribution >= 4 is 27.0 Å². The van der Waals surface area contributed by atoms with Crippen LogP contribution in [0.4, 0.5) is 0 Å². The molecule has 18 heavy (non-hydrogen) atoms. The first-order valence-electron chi connectivity index (χ1n) is 6.71. The van der Waals surface area contributed by atoms with Crippen LogP contribution in [0.25, 0.3) is 15.7 Å². The summed E-state index contributed by atoms with van der Waals surface area (Å²) >= 11 is 1.84. The highest BCUT2D eigenvalue weighted by Gasteiger charge is 2.19. The van der Waals surface area contributed by atoms with E-state index in [0.717, 1.165) is 19.0 Å². The van der Waals surface area contributed by atoms with Crippen LogP contribution in [0.15, 0.2) is 35.7 Å². The number of benzene rings is 1. The van der Waals surface area contributed by atoms with Crippen LogP contribution < -0.4 is 5.32 Å². The molecule has 94 valence electrons. The molecule has 1 aliphatic rings. The van der Waals surface area contributed by atoms with Crippen molar-refractivity contribution in [2.45, 2.75) is 32.2 Å². The number of allylic oxidation sites excluding steroid dienone is 1. The number of rotatable bonds is 5. The third kappa shape index (κ3) is 2.65. The van der Waals surface area contributed by atoms with Gasteiger partial charge in [0, 0.05) is 10.7 Å². The monoisotopic (exact) mass is 257 g/mol. The predicted molar refractivity (Wildman–Crippen MR) is 81.1 cm³/mol. The summed E-state index contributed by atoms with van der Waals surface area (Å²) in [6, 6.07) is 9.60. The maximum atomic E-state index is 3.55. The van der Waals surface area contributed by atoms with E-state index in [2.05, 4.69) is 48.0 Å². The molecule has 0 unspecified atom stereocenters. The molecule has 2 heteroatoms. The zero-order chi connectivity index (χ0) is 12.4. The van der Waals surface area contributed by atoms with E-state index in [1.54, 1.807) is 0 Å². The minimum Gasteiger partial charge on any atom is -0.314 e. The maximum Gasteiger partial charge on any atom is 0.0417 e. The van der Waals surface area contributed by atoms with Crippen molar-refractivity contribution < 1.29 is 0 Å². The highest BCUT2D eigenvalue weighted by Crippen LogP contribution is 2.29. The van der Waals surface area contributed by atoms with Crippen molar-refractivity contribution in [3.8, 4) is 0 Å². The van der Waals surface area contributed by atoms with Crippen LogP contribution >= 0.6 is 11.3 Å². The van der Waals surface area contributed by atoms with Crippen molar-refractivity contribution in [3.05, 3.63) is 41.3 Å². The van der Waals surface area contributed by atoms with Gasteiger partial charge in [0.05, 0.1) is 0 Å². The molecule has 1 fully saturated rings. The lowest BCUT2D eigenvalue weighted by Gasteiger charge is -2.04. The highest BCUT2D eigenvalue weighted by atomic mass is 32.1. The molecule has 1 aliphatic carbocycles. The summed E-state index contributed by atoms with van der Waals surface area (Å²) in [5.74, 6) is 0. The van der Waals surface area contributed by atoms with Crippen molar-refractivity contribution in [1.82, 2.24) is 5.32 Å². The van der Waals surface area contributed by atoms with Crippen LogP contribution in [-0.2, 0) is 0 Å². The van der Waals surface area contributed by atoms with Gasteiger partial charge in [-0.1, -0.05) is 24.3 Å². The van der Waals surface area contributed by atoms with Crippen LogP contribution in [0.1, 0.15) is 31.7 Å². The van der Waals surface area contributed by atoms with E-state index < -0.39 is 0 Å². The van der Waals surface area contributed by atoms with Crippen molar-refractivity contribution in [2.24, 2.45) is 0 Å². The number of nitrogens with one attached hydrogen (secondary N) is 1. The van der Waals surface area contributed by atoms with Gasteiger partial charge in [-0.2, -0.15) is 0 Å². The van der Waals surface area contributed by atoms with E-state index in [0.29, 0.717) is 0 Å². The second-order valence-electron chi connectivity index (χ2n) is 5.05. The van der Waals surface area contributed by atoms with E-state index >= 15 is 0 Å². The topological polar surface area (TPSA) is 12.0 Å². The van der Waals surface area contributed by atoms with E-state index in [-0.39, 0.29) is 0 Å². The Hall–Kier alpha value is -1.12. The van der Waals surface area contributed by atoms with Crippen molar-refractivity contribution in [1.29, 1.82) is 0 Å². The molecule has 0 radical (unpaired) electrons. The van der Waals surface area contributed by atoms with E-state index in [4.69, 9.17) is 0 Å². The van der Waals surface area contributed by atoms with Gasteiger partial charge in [0.15, 0.2) is 0 Å². The second-order valence-corrected chi connectivity index (χ2v) is 5.96. The number of hydrogen-bond acceptors (Lipinski definition) is 2. The Morgan fingerprint density at radius 2 is 2.28 bits per heavy atom. The number of fused-ring (bicyclic) bond motifs is 1. The van der Waals surface area contributed by atoms with E-state index in [1.807, 2.05) is 11.3 Å². The molecule has 0 spiro atoms. The first-order chi connectivity index (χ1) is 8.84. The fourth-order valence-corrected chi connectivity index (χ4v) is 3.26. The summed E-state index contributed by atoms with van der Waals surface area (Å²) in [7, 11) is 0. The molecule has 0 bridgehead atoms. The molecule has 1 N–H and O–H groups in total. The molecule has 1 nitrogen and oxygen atoms in total. The summed E-state index contributed by atoms with van der Waals surface area (Å²) in [6.07, 6.45) is 6.24. The Balaban J connectivity index is 1.71. The smallest absolute Gasteiger partial charge is 0.0417 e. The van der Waals surface area contributed by atoms with Gasteiger partial charge in [0.2, 0.25) is 0 Å². The predicted octanol–water partition coefficient (Wildman–Crippen LogP) is 4.45. The zero-order valence-electron chi connectivity index (χ0n) is 10.8. The SMILES string of the molecule is C/C(=C/CCNC1CC1)c1cccc2ccsc12. The fourth-order valence-electron chi connectivity index (χ4n) is 2.28. The van der Waals surface area contributed by atoms with Gasteiger partial charge < -0.3 is 5.32 Å². The van der Waals surface area contributed by atoms with Crippen LogP contribution in [0.3, 0.4) is 0 Å². The Morgan fingerprint density at radius 3 is 3.11 bits per heavy atom. The summed E-state index contributed by atoms with van der Waals surface area (Å²) in [5.41, 5.74) is 2.80. The molecule has 1 heterocycles. The first-order valence-corrected chi connectivity index (χ1v) is 7.59. The molecule has 1 aromatic heterocycles. The van der Waals surface area contributed by atoms with Gasteiger partial charge in [-0.15, -0.1) is 11.3 Å². The maximum absolute atomic E-state index is 3.55. The minimum absolute atomic E-state index is 0.819. The Labute approximate surface area is 113 Å². The summed E-state index contributed by atoms with van der Waals surface area (Å²) in [6.45, 7) is 3.34. The van der Waals surface area contributed by atoms with Crippen molar-refractivity contribution in [2.75, 3.05) is 6.54 Å². The number of hydrogen-bond donors (Lipinski definition) is 1. The Kier molecular flexibility index (Phi) is 3.48. The molecule has 3 rings (SSSR count). The molecule has 1 aromatic carbocycles. The minimum atomic E-state index is 0.819. The lowest BCUT2D eigenvalue weighted by Crippen LogP contribution is -2.16. The molecule has 0 amide bonds. The molecule has 1 saturated carbocycles. The number of thiophene rings is 1. The second kappa shape index (κ2) is 5.25. The lowest BCUT2D eigenvalue weighted by atomic mass is 10.0. The summed E-state index contributed by atoms with van der Waals surface area (Å²) in [5, 5.41) is 7.09. The molecular formula is C16H19NS. The summed E-state index contributed by atoms with van der Waals surface area (Å²) in [4.78, 5) is 0. The van der Waals surface area contributed by atoms with Gasteiger partial charge >= 0.3 is 0 Å². The van der Waals surface area contributed by atoms with E-state index in [9.17, 15) is 0 Å². The standard InChI is InChI=1S/C16H19NS/c1-12(4-3-10-17-14-7-8-14)15-6-2-5-13-9-11-18-16(13)15/h2,4-6,9,11,14,17H,3,7-8,10H2,1H3/b12-4-. The largest absolute Gasteiger partial charge is 0.314 e. The van der Waals surface area contributed by atoms with Gasteiger partial charge in [-0.25, -0.2) is 0 Å². The Morgan fingerprint density at radius 1 is 1.39 bits per heavy atom. The Bertz CT molecular complexity index is 563. The van der Waals surface area contributed by atoms with Crippen LogP contribution in [0.2, 0.25) is 0 Å². The fraction of sp³-hybridized carbons (Fsp3) is 0.375. The third-order valence-corrected chi connectivity index (χ3v) is 4.47. The van der Waals surface area contributed by atoms with Crippen LogP contribution in [-0.4, -0.2) is 12.6 Å². The average molecular weight is 257 g/mol. The molecule has 2 aromatic rings. The van der Waals surface area contributed by atoms with Crippen molar-refractivity contribution in [3.63, 3.8) is 0 Å². The normalized spacial score (nSPS) is 16.4. The molecular weight excluding hydrogens is 238 g/mol. The lowest BCUT2D eigenvalue weighted by molar-refractivity contribution is 0.690. The molecule has 0 saturated heterocycles. The first kappa shape index (κ1) is 11.9. The molecule has 0 atom stereocenters. The molecule has 0 aliphatic heterocycles. The summed E-state index contributed by atoms with van der Waals surface area (Å²) < 4.78 is 1.42. The van der Waals surface area contributed by atoms with E-state index in [1.165, 1.54) is 34.1 Å². The van der Waals surface area contributed by atoms with Gasteiger partial charge in [-0.05, 0) is 60.7 Å². The van der Waals surface area contributed by atoms with Gasteiger partial charge in [-0.3, -0.25) is 0 Å². The zero-order valence-corrected chi connectivity index (χ0v) is 11.6. The van der Waals surface area contributed by atoms with Gasteiger partial charge in [0.25, 0.3) is 0 Å². The highest BCUT2D eigenvalue weighted by molar-refractivity contribution is 7.17. The average Bonchev–Trinajstić information content (AvgIpc) is 3.08.